The number of carboxylic acids is 1. The van der Waals surface area contributed by atoms with E-state index in [1.807, 2.05) is 19.1 Å². The Bertz CT molecular complexity index is 1230. The van der Waals surface area contributed by atoms with Crippen molar-refractivity contribution in [1.82, 2.24) is 4.90 Å². The predicted molar refractivity (Wildman–Crippen MR) is 158 cm³/mol. The van der Waals surface area contributed by atoms with Crippen LogP contribution in [-0.2, 0) is 27.3 Å². The van der Waals surface area contributed by atoms with E-state index in [2.05, 4.69) is 0 Å². The number of rotatable bonds is 16. The Morgan fingerprint density at radius 1 is 0.878 bits per heavy atom. The number of carbonyl (C=O) groups is 2. The van der Waals surface area contributed by atoms with Crippen molar-refractivity contribution in [3.05, 3.63) is 93.5 Å². The number of benzene rings is 3. The zero-order chi connectivity index (χ0) is 29.6. The van der Waals surface area contributed by atoms with Crippen LogP contribution in [0.3, 0.4) is 0 Å². The van der Waals surface area contributed by atoms with E-state index in [0.29, 0.717) is 60.9 Å². The second kappa shape index (κ2) is 16.8. The summed E-state index contributed by atoms with van der Waals surface area (Å²) in [5, 5.41) is 10.4. The molecule has 1 atom stereocenters. The lowest BCUT2D eigenvalue weighted by molar-refractivity contribution is -0.149. The molecule has 3 aromatic carbocycles. The van der Waals surface area contributed by atoms with Crippen molar-refractivity contribution in [2.75, 3.05) is 32.9 Å². The maximum atomic E-state index is 13.0. The van der Waals surface area contributed by atoms with E-state index in [1.54, 1.807) is 66.4 Å². The van der Waals surface area contributed by atoms with E-state index in [9.17, 15) is 14.7 Å². The molecule has 0 heterocycles. The molecule has 0 aliphatic carbocycles. The standard InChI is InChI=1S/C31H35Cl2NO7/c1-3-39-29(30(35)36)19-23-7-11-27(12-8-23)40-16-14-34(31(37)41-28-9-5-22(2)6-10-28)13-4-15-38-21-24-17-25(32)20-26(33)18-24/h5-12,17-18,20,29H,3-4,13-16,19,21H2,1-2H3,(H,35,36). The Labute approximate surface area is 250 Å². The van der Waals surface area contributed by atoms with E-state index in [4.69, 9.17) is 42.1 Å². The predicted octanol–water partition coefficient (Wildman–Crippen LogP) is 6.82. The lowest BCUT2D eigenvalue weighted by atomic mass is 10.1. The summed E-state index contributed by atoms with van der Waals surface area (Å²) in [5.41, 5.74) is 2.76. The lowest BCUT2D eigenvalue weighted by Gasteiger charge is -2.22. The molecule has 0 saturated heterocycles. The van der Waals surface area contributed by atoms with Crippen molar-refractivity contribution in [3.63, 3.8) is 0 Å². The molecule has 0 spiro atoms. The van der Waals surface area contributed by atoms with Gasteiger partial charge in [0.1, 0.15) is 18.1 Å². The average Bonchev–Trinajstić information content (AvgIpc) is 2.93. The van der Waals surface area contributed by atoms with Crippen LogP contribution in [0.5, 0.6) is 11.5 Å². The Kier molecular flexibility index (Phi) is 13.2. The van der Waals surface area contributed by atoms with Crippen LogP contribution in [0.25, 0.3) is 0 Å². The summed E-state index contributed by atoms with van der Waals surface area (Å²) in [6, 6.07) is 19.7. The van der Waals surface area contributed by atoms with Crippen molar-refractivity contribution in [2.24, 2.45) is 0 Å². The van der Waals surface area contributed by atoms with E-state index in [1.165, 1.54) is 0 Å². The quantitative estimate of drug-likeness (QED) is 0.179. The Balaban J connectivity index is 1.52. The Morgan fingerprint density at radius 2 is 1.54 bits per heavy atom. The molecule has 0 aromatic heterocycles. The maximum absolute atomic E-state index is 13.0. The molecule has 1 N–H and O–H groups in total. The summed E-state index contributed by atoms with van der Waals surface area (Å²) in [4.78, 5) is 25.9. The number of nitrogens with zero attached hydrogens (tertiary/aromatic N) is 1. The molecule has 0 aliphatic rings. The Hall–Kier alpha value is -3.30. The highest BCUT2D eigenvalue weighted by Crippen LogP contribution is 2.20. The fourth-order valence-electron chi connectivity index (χ4n) is 3.94. The molecule has 0 radical (unpaired) electrons. The first-order chi connectivity index (χ1) is 19.7. The minimum absolute atomic E-state index is 0.237. The molecular formula is C31H35Cl2NO7. The first-order valence-electron chi connectivity index (χ1n) is 13.4. The topological polar surface area (TPSA) is 94.5 Å². The third-order valence-electron chi connectivity index (χ3n) is 6.01. The minimum atomic E-state index is -0.996. The molecule has 3 rings (SSSR count). The van der Waals surface area contributed by atoms with Gasteiger partial charge in [0, 0.05) is 36.2 Å². The maximum Gasteiger partial charge on any atom is 0.415 e. The highest BCUT2D eigenvalue weighted by atomic mass is 35.5. The molecule has 220 valence electrons. The zero-order valence-corrected chi connectivity index (χ0v) is 24.7. The van der Waals surface area contributed by atoms with Crippen molar-refractivity contribution >= 4 is 35.3 Å². The van der Waals surface area contributed by atoms with Crippen LogP contribution in [-0.4, -0.2) is 61.1 Å². The van der Waals surface area contributed by atoms with E-state index in [-0.39, 0.29) is 13.0 Å². The zero-order valence-electron chi connectivity index (χ0n) is 23.2. The molecule has 0 saturated carbocycles. The van der Waals surface area contributed by atoms with Gasteiger partial charge in [-0.3, -0.25) is 0 Å². The molecule has 1 amide bonds. The third-order valence-corrected chi connectivity index (χ3v) is 6.45. The largest absolute Gasteiger partial charge is 0.492 e. The second-order valence-electron chi connectivity index (χ2n) is 9.33. The first kappa shape index (κ1) is 32.2. The molecule has 10 heteroatoms. The molecular weight excluding hydrogens is 569 g/mol. The number of aliphatic carboxylic acids is 1. The van der Waals surface area contributed by atoms with Crippen LogP contribution in [0, 0.1) is 6.92 Å². The SMILES string of the molecule is CCOC(Cc1ccc(OCCN(CCCOCc2cc(Cl)cc(Cl)c2)C(=O)Oc2ccc(C)cc2)cc1)C(=O)O. The highest BCUT2D eigenvalue weighted by Gasteiger charge is 2.18. The molecule has 3 aromatic rings. The third kappa shape index (κ3) is 11.6. The van der Waals surface area contributed by atoms with Crippen molar-refractivity contribution in [1.29, 1.82) is 0 Å². The second-order valence-corrected chi connectivity index (χ2v) is 10.2. The van der Waals surface area contributed by atoms with Gasteiger partial charge in [0.2, 0.25) is 0 Å². The molecule has 8 nitrogen and oxygen atoms in total. The first-order valence-corrected chi connectivity index (χ1v) is 14.1. The summed E-state index contributed by atoms with van der Waals surface area (Å²) < 4.78 is 22.5. The number of hydrogen-bond donors (Lipinski definition) is 1. The minimum Gasteiger partial charge on any atom is -0.492 e. The van der Waals surface area contributed by atoms with Gasteiger partial charge in [-0.1, -0.05) is 53.0 Å². The summed E-state index contributed by atoms with van der Waals surface area (Å²) in [7, 11) is 0. The Morgan fingerprint density at radius 3 is 2.17 bits per heavy atom. The van der Waals surface area contributed by atoms with Gasteiger partial charge in [-0.25, -0.2) is 9.59 Å². The summed E-state index contributed by atoms with van der Waals surface area (Å²) in [6.07, 6.45) is -0.539. The monoisotopic (exact) mass is 603 g/mol. The fraction of sp³-hybridized carbons (Fsp3) is 0.355. The lowest BCUT2D eigenvalue weighted by Crippen LogP contribution is -2.38. The van der Waals surface area contributed by atoms with E-state index >= 15 is 0 Å². The average molecular weight is 605 g/mol. The van der Waals surface area contributed by atoms with Crippen LogP contribution in [0.1, 0.15) is 30.0 Å². The molecule has 41 heavy (non-hydrogen) atoms. The number of halogens is 2. The number of carbonyl (C=O) groups excluding carboxylic acids is 1. The number of carboxylic acid groups (broad SMARTS) is 1. The summed E-state index contributed by atoms with van der Waals surface area (Å²) >= 11 is 12.1. The number of aryl methyl sites for hydroxylation is 1. The normalized spacial score (nSPS) is 11.6. The van der Waals surface area contributed by atoms with Gasteiger partial charge < -0.3 is 29.0 Å². The van der Waals surface area contributed by atoms with Crippen LogP contribution in [0.15, 0.2) is 66.7 Å². The van der Waals surface area contributed by atoms with Gasteiger partial charge in [-0.2, -0.15) is 0 Å². The summed E-state index contributed by atoms with van der Waals surface area (Å²) in [5.74, 6) is 0.0689. The van der Waals surface area contributed by atoms with Crippen LogP contribution in [0.4, 0.5) is 4.79 Å². The number of hydrogen-bond acceptors (Lipinski definition) is 6. The van der Waals surface area contributed by atoms with Crippen LogP contribution < -0.4 is 9.47 Å². The van der Waals surface area contributed by atoms with E-state index in [0.717, 1.165) is 16.7 Å². The fourth-order valence-corrected chi connectivity index (χ4v) is 4.51. The summed E-state index contributed by atoms with van der Waals surface area (Å²) in [6.45, 7) is 5.74. The highest BCUT2D eigenvalue weighted by molar-refractivity contribution is 6.34. The molecule has 0 bridgehead atoms. The van der Waals surface area contributed by atoms with Gasteiger partial charge in [-0.15, -0.1) is 0 Å². The van der Waals surface area contributed by atoms with Gasteiger partial charge in [0.25, 0.3) is 0 Å². The van der Waals surface area contributed by atoms with E-state index < -0.39 is 18.2 Å². The van der Waals surface area contributed by atoms with Gasteiger partial charge >= 0.3 is 12.1 Å². The molecule has 1 unspecified atom stereocenters. The van der Waals surface area contributed by atoms with Crippen LogP contribution >= 0.6 is 23.2 Å². The number of ether oxygens (including phenoxy) is 4. The van der Waals surface area contributed by atoms with Crippen LogP contribution in [0.2, 0.25) is 10.0 Å². The van der Waals surface area contributed by atoms with Gasteiger partial charge in [-0.05, 0) is 73.9 Å². The van der Waals surface area contributed by atoms with Crippen molar-refractivity contribution in [3.8, 4) is 11.5 Å². The van der Waals surface area contributed by atoms with Crippen molar-refractivity contribution in [2.45, 2.75) is 39.4 Å². The van der Waals surface area contributed by atoms with Gasteiger partial charge in [0.15, 0.2) is 6.10 Å². The van der Waals surface area contributed by atoms with Crippen molar-refractivity contribution < 1.29 is 33.6 Å². The molecule has 0 fully saturated rings. The van der Waals surface area contributed by atoms with Gasteiger partial charge in [0.05, 0.1) is 13.2 Å². The number of amides is 1. The smallest absolute Gasteiger partial charge is 0.415 e. The molecule has 0 aliphatic heterocycles.